The summed E-state index contributed by atoms with van der Waals surface area (Å²) in [6.45, 7) is 0.700. The number of benzene rings is 1. The van der Waals surface area contributed by atoms with Crippen molar-refractivity contribution < 1.29 is 49.6 Å². The molecule has 2 rings (SSSR count). The van der Waals surface area contributed by atoms with Gasteiger partial charge in [-0.2, -0.15) is 21.6 Å². The van der Waals surface area contributed by atoms with Gasteiger partial charge in [0.25, 0.3) is 0 Å². The molecule has 166 valence electrons. The summed E-state index contributed by atoms with van der Waals surface area (Å²) in [5, 5.41) is 0. The molecule has 0 spiro atoms. The Labute approximate surface area is 177 Å². The monoisotopic (exact) mass is 517 g/mol. The van der Waals surface area contributed by atoms with E-state index in [2.05, 4.69) is 29.6 Å². The SMILES string of the molecule is COC(=O)C1=C(C(=O)OC)N(c2cc(Br)c(C)cc2OS(=O)(=O)C(F)(F)F)COC1. The number of halogens is 4. The van der Waals surface area contributed by atoms with Gasteiger partial charge in [0.05, 0.1) is 32.1 Å². The van der Waals surface area contributed by atoms with Crippen molar-refractivity contribution in [2.45, 2.75) is 12.4 Å². The van der Waals surface area contributed by atoms with E-state index in [0.717, 1.165) is 25.2 Å². The lowest BCUT2D eigenvalue weighted by Gasteiger charge is -2.32. The molecular weight excluding hydrogens is 503 g/mol. The predicted octanol–water partition coefficient (Wildman–Crippen LogP) is 2.38. The minimum atomic E-state index is -6.03. The zero-order valence-corrected chi connectivity index (χ0v) is 18.1. The van der Waals surface area contributed by atoms with Crippen LogP contribution in [0.15, 0.2) is 27.9 Å². The van der Waals surface area contributed by atoms with Gasteiger partial charge in [-0.25, -0.2) is 9.59 Å². The fourth-order valence-electron chi connectivity index (χ4n) is 2.42. The smallest absolute Gasteiger partial charge is 0.466 e. The lowest BCUT2D eigenvalue weighted by molar-refractivity contribution is -0.140. The highest BCUT2D eigenvalue weighted by atomic mass is 79.9. The Bertz CT molecular complexity index is 1010. The van der Waals surface area contributed by atoms with E-state index in [0.29, 0.717) is 10.0 Å². The number of hydrogen-bond acceptors (Lipinski definition) is 9. The van der Waals surface area contributed by atoms with Crippen LogP contribution in [0, 0.1) is 6.92 Å². The van der Waals surface area contributed by atoms with Crippen LogP contribution in [-0.4, -0.2) is 53.4 Å². The predicted molar refractivity (Wildman–Crippen MR) is 98.8 cm³/mol. The van der Waals surface area contributed by atoms with E-state index < -0.39 is 45.7 Å². The highest BCUT2D eigenvalue weighted by Crippen LogP contribution is 2.40. The van der Waals surface area contributed by atoms with Crippen LogP contribution in [0.4, 0.5) is 18.9 Å². The molecule has 0 radical (unpaired) electrons. The number of ether oxygens (including phenoxy) is 3. The molecule has 0 saturated carbocycles. The van der Waals surface area contributed by atoms with Crippen molar-refractivity contribution in [1.29, 1.82) is 0 Å². The maximum absolute atomic E-state index is 12.8. The van der Waals surface area contributed by atoms with E-state index in [1.807, 2.05) is 0 Å². The van der Waals surface area contributed by atoms with E-state index in [-0.39, 0.29) is 17.9 Å². The van der Waals surface area contributed by atoms with E-state index in [4.69, 9.17) is 4.74 Å². The number of rotatable bonds is 5. The molecular formula is C16H15BrF3NO8S. The second-order valence-electron chi connectivity index (χ2n) is 5.77. The number of aryl methyl sites for hydroxylation is 1. The number of methoxy groups -OCH3 is 2. The van der Waals surface area contributed by atoms with Crippen LogP contribution < -0.4 is 9.08 Å². The van der Waals surface area contributed by atoms with Crippen molar-refractivity contribution in [3.8, 4) is 5.75 Å². The maximum Gasteiger partial charge on any atom is 0.534 e. The third-order valence-electron chi connectivity index (χ3n) is 3.85. The number of carbonyl (C=O) groups excluding carboxylic acids is 2. The quantitative estimate of drug-likeness (QED) is 0.330. The van der Waals surface area contributed by atoms with Crippen LogP contribution in [0.5, 0.6) is 5.75 Å². The second kappa shape index (κ2) is 8.81. The molecule has 30 heavy (non-hydrogen) atoms. The summed E-state index contributed by atoms with van der Waals surface area (Å²) in [5.74, 6) is -2.72. The Kier molecular flexibility index (Phi) is 7.04. The molecule has 0 aliphatic carbocycles. The Morgan fingerprint density at radius 3 is 2.30 bits per heavy atom. The van der Waals surface area contributed by atoms with Gasteiger partial charge >= 0.3 is 27.6 Å². The fourth-order valence-corrected chi connectivity index (χ4v) is 3.22. The van der Waals surface area contributed by atoms with Crippen molar-refractivity contribution in [2.75, 3.05) is 32.5 Å². The normalized spacial score (nSPS) is 15.1. The minimum absolute atomic E-state index is 0.281. The summed E-state index contributed by atoms with van der Waals surface area (Å²) in [4.78, 5) is 25.4. The van der Waals surface area contributed by atoms with Gasteiger partial charge in [0.1, 0.15) is 12.4 Å². The Balaban J connectivity index is 2.73. The van der Waals surface area contributed by atoms with E-state index in [1.165, 1.54) is 13.0 Å². The molecule has 0 amide bonds. The highest BCUT2D eigenvalue weighted by molar-refractivity contribution is 9.10. The van der Waals surface area contributed by atoms with Gasteiger partial charge in [0, 0.05) is 4.47 Å². The van der Waals surface area contributed by atoms with Gasteiger partial charge < -0.3 is 23.3 Å². The molecule has 0 unspecified atom stereocenters. The van der Waals surface area contributed by atoms with Crippen LogP contribution in [0.25, 0.3) is 0 Å². The molecule has 0 fully saturated rings. The summed E-state index contributed by atoms with van der Waals surface area (Å²) < 4.78 is 80.8. The first-order valence-corrected chi connectivity index (χ1v) is 10.1. The van der Waals surface area contributed by atoms with Crippen LogP contribution in [0.2, 0.25) is 0 Å². The molecule has 1 aromatic rings. The van der Waals surface area contributed by atoms with Crippen molar-refractivity contribution in [3.05, 3.63) is 33.4 Å². The molecule has 0 saturated heterocycles. The molecule has 0 N–H and O–H groups in total. The van der Waals surface area contributed by atoms with Crippen molar-refractivity contribution >= 4 is 43.7 Å². The number of nitrogens with zero attached hydrogens (tertiary/aromatic N) is 1. The summed E-state index contributed by atoms with van der Waals surface area (Å²) in [7, 11) is -3.95. The average Bonchev–Trinajstić information content (AvgIpc) is 2.67. The fraction of sp³-hybridized carbons (Fsp3) is 0.375. The van der Waals surface area contributed by atoms with Crippen LogP contribution in [-0.2, 0) is 33.9 Å². The zero-order chi connectivity index (χ0) is 22.9. The molecule has 0 aromatic heterocycles. The zero-order valence-electron chi connectivity index (χ0n) is 15.7. The maximum atomic E-state index is 12.8. The van der Waals surface area contributed by atoms with Crippen molar-refractivity contribution in [3.63, 3.8) is 0 Å². The second-order valence-corrected chi connectivity index (χ2v) is 8.16. The van der Waals surface area contributed by atoms with Gasteiger partial charge in [0.2, 0.25) is 0 Å². The number of alkyl halides is 3. The van der Waals surface area contributed by atoms with Crippen molar-refractivity contribution in [1.82, 2.24) is 0 Å². The van der Waals surface area contributed by atoms with Gasteiger partial charge in [-0.1, -0.05) is 15.9 Å². The number of anilines is 1. The topological polar surface area (TPSA) is 108 Å². The Morgan fingerprint density at radius 1 is 1.17 bits per heavy atom. The average molecular weight is 518 g/mol. The third-order valence-corrected chi connectivity index (χ3v) is 5.67. The standard InChI is InChI=1S/C16H15BrF3NO8S/c1-8-4-12(29-30(24,25)16(18,19)20)11(5-10(8)17)21-7-28-6-9(14(22)26-2)13(21)15(23)27-3/h4-5H,6-7H2,1-3H3. The van der Waals surface area contributed by atoms with Gasteiger partial charge in [-0.05, 0) is 24.6 Å². The summed E-state index contributed by atoms with van der Waals surface area (Å²) in [6, 6.07) is 2.23. The van der Waals surface area contributed by atoms with Crippen LogP contribution in [0.3, 0.4) is 0 Å². The first-order valence-electron chi connectivity index (χ1n) is 7.90. The molecule has 14 heteroatoms. The number of esters is 2. The largest absolute Gasteiger partial charge is 0.534 e. The van der Waals surface area contributed by atoms with Crippen molar-refractivity contribution in [2.24, 2.45) is 0 Å². The number of carbonyl (C=O) groups is 2. The summed E-state index contributed by atoms with van der Waals surface area (Å²) in [6.07, 6.45) is 0. The summed E-state index contributed by atoms with van der Waals surface area (Å²) in [5.41, 5.74) is -6.35. The first kappa shape index (κ1) is 24.0. The van der Waals surface area contributed by atoms with E-state index in [9.17, 15) is 31.2 Å². The molecule has 9 nitrogen and oxygen atoms in total. The van der Waals surface area contributed by atoms with Gasteiger partial charge in [-0.15, -0.1) is 0 Å². The third kappa shape index (κ3) is 4.70. The van der Waals surface area contributed by atoms with E-state index >= 15 is 0 Å². The number of hydrogen-bond donors (Lipinski definition) is 0. The van der Waals surface area contributed by atoms with Crippen LogP contribution in [0.1, 0.15) is 5.56 Å². The van der Waals surface area contributed by atoms with Crippen LogP contribution >= 0.6 is 15.9 Å². The molecule has 0 atom stereocenters. The molecule has 1 heterocycles. The first-order chi connectivity index (χ1) is 13.8. The Hall–Kier alpha value is -2.32. The lowest BCUT2D eigenvalue weighted by Crippen LogP contribution is -2.39. The minimum Gasteiger partial charge on any atom is -0.466 e. The molecule has 1 aliphatic heterocycles. The molecule has 0 bridgehead atoms. The summed E-state index contributed by atoms with van der Waals surface area (Å²) >= 11 is 3.18. The molecule has 1 aliphatic rings. The van der Waals surface area contributed by atoms with Gasteiger partial charge in [0.15, 0.2) is 5.75 Å². The molecule has 1 aromatic carbocycles. The lowest BCUT2D eigenvalue weighted by atomic mass is 10.1. The Morgan fingerprint density at radius 2 is 1.77 bits per heavy atom. The van der Waals surface area contributed by atoms with E-state index in [1.54, 1.807) is 0 Å². The highest BCUT2D eigenvalue weighted by Gasteiger charge is 2.49. The van der Waals surface area contributed by atoms with Gasteiger partial charge in [-0.3, -0.25) is 0 Å².